The Morgan fingerprint density at radius 3 is 1.95 bits per heavy atom. The van der Waals surface area contributed by atoms with E-state index in [0.717, 1.165) is 6.42 Å². The van der Waals surface area contributed by atoms with E-state index < -0.39 is 0 Å². The van der Waals surface area contributed by atoms with Crippen LogP contribution in [0.5, 0.6) is 0 Å². The van der Waals surface area contributed by atoms with E-state index in [0.29, 0.717) is 6.42 Å². The molecule has 0 fully saturated rings. The van der Waals surface area contributed by atoms with Crippen molar-refractivity contribution < 1.29 is 5.11 Å². The number of aliphatic hydroxyl groups excluding tert-OH is 1. The van der Waals surface area contributed by atoms with E-state index in [1.807, 2.05) is 20.8 Å². The highest BCUT2D eigenvalue weighted by Gasteiger charge is 2.32. The first kappa shape index (κ1) is 23.8. The molecule has 3 N–H and O–H groups in total. The van der Waals surface area contributed by atoms with Gasteiger partial charge in [0.1, 0.15) is 0 Å². The fourth-order valence-corrected chi connectivity index (χ4v) is 3.36. The fourth-order valence-electron chi connectivity index (χ4n) is 2.78. The molecule has 2 nitrogen and oxygen atoms in total. The molecule has 0 saturated carbocycles. The predicted octanol–water partition coefficient (Wildman–Crippen LogP) is 5.28. The van der Waals surface area contributed by atoms with E-state index in [4.69, 9.17) is 17.3 Å². The lowest BCUT2D eigenvalue weighted by Crippen LogP contribution is -2.46. The molecule has 0 aliphatic carbocycles. The zero-order valence-corrected chi connectivity index (χ0v) is 16.0. The number of halogens is 2. The lowest BCUT2D eigenvalue weighted by atomic mass is 9.80. The van der Waals surface area contributed by atoms with E-state index >= 15 is 0 Å². The predicted molar refractivity (Wildman–Crippen MR) is 97.6 cm³/mol. The van der Waals surface area contributed by atoms with Crippen molar-refractivity contribution in [2.24, 2.45) is 11.7 Å². The highest BCUT2D eigenvalue weighted by Crippen LogP contribution is 2.30. The van der Waals surface area contributed by atoms with Gasteiger partial charge in [-0.05, 0) is 39.5 Å². The lowest BCUT2D eigenvalue weighted by Gasteiger charge is -2.35. The van der Waals surface area contributed by atoms with Crippen molar-refractivity contribution >= 4 is 24.0 Å². The van der Waals surface area contributed by atoms with Gasteiger partial charge in [-0.25, -0.2) is 0 Å². The molecule has 0 bridgehead atoms. The molecule has 0 aliphatic rings. The number of aliphatic hydroxyl groups is 1. The van der Waals surface area contributed by atoms with E-state index in [-0.39, 0.29) is 35.3 Å². The summed E-state index contributed by atoms with van der Waals surface area (Å²) in [4.78, 5) is 0. The van der Waals surface area contributed by atoms with Crippen LogP contribution in [-0.2, 0) is 0 Å². The SMILES string of the molecule is CCCCCCCCCC(Cl)C(CC(C)O)C(C)(C)N.Cl. The molecular formula is C17H37Cl2NO. The van der Waals surface area contributed by atoms with Gasteiger partial charge in [0.25, 0.3) is 0 Å². The average Bonchev–Trinajstić information content (AvgIpc) is 2.33. The highest BCUT2D eigenvalue weighted by molar-refractivity contribution is 6.20. The zero-order valence-electron chi connectivity index (χ0n) is 14.4. The van der Waals surface area contributed by atoms with Crippen molar-refractivity contribution in [3.05, 3.63) is 0 Å². The number of alkyl halides is 1. The lowest BCUT2D eigenvalue weighted by molar-refractivity contribution is 0.132. The van der Waals surface area contributed by atoms with Gasteiger partial charge in [-0.3, -0.25) is 0 Å². The van der Waals surface area contributed by atoms with Crippen LogP contribution in [0.4, 0.5) is 0 Å². The van der Waals surface area contributed by atoms with Crippen LogP contribution >= 0.6 is 24.0 Å². The smallest absolute Gasteiger partial charge is 0.0516 e. The van der Waals surface area contributed by atoms with Gasteiger partial charge in [0, 0.05) is 10.9 Å². The summed E-state index contributed by atoms with van der Waals surface area (Å²) in [7, 11) is 0. The molecule has 0 amide bonds. The maximum atomic E-state index is 9.61. The largest absolute Gasteiger partial charge is 0.393 e. The van der Waals surface area contributed by atoms with Crippen LogP contribution in [-0.4, -0.2) is 22.1 Å². The van der Waals surface area contributed by atoms with Crippen LogP contribution in [0.1, 0.15) is 85.5 Å². The molecule has 3 atom stereocenters. The van der Waals surface area contributed by atoms with Gasteiger partial charge in [0.2, 0.25) is 0 Å². The Hall–Kier alpha value is 0.500. The highest BCUT2D eigenvalue weighted by atomic mass is 35.5. The van der Waals surface area contributed by atoms with Gasteiger partial charge in [-0.15, -0.1) is 24.0 Å². The minimum atomic E-state index is -0.335. The molecule has 0 aromatic carbocycles. The van der Waals surface area contributed by atoms with Crippen molar-refractivity contribution in [2.45, 2.75) is 103 Å². The molecule has 0 rings (SSSR count). The van der Waals surface area contributed by atoms with Gasteiger partial charge in [-0.2, -0.15) is 0 Å². The van der Waals surface area contributed by atoms with Crippen molar-refractivity contribution in [1.29, 1.82) is 0 Å². The maximum absolute atomic E-state index is 9.61. The van der Waals surface area contributed by atoms with Crippen LogP contribution in [0.25, 0.3) is 0 Å². The summed E-state index contributed by atoms with van der Waals surface area (Å²) in [6, 6.07) is 0. The van der Waals surface area contributed by atoms with E-state index in [1.165, 1.54) is 44.9 Å². The van der Waals surface area contributed by atoms with Crippen LogP contribution in [0, 0.1) is 5.92 Å². The molecule has 0 heterocycles. The Morgan fingerprint density at radius 2 is 1.52 bits per heavy atom. The molecule has 4 heteroatoms. The fraction of sp³-hybridized carbons (Fsp3) is 1.00. The van der Waals surface area contributed by atoms with Crippen LogP contribution in [0.2, 0.25) is 0 Å². The van der Waals surface area contributed by atoms with E-state index in [2.05, 4.69) is 6.92 Å². The summed E-state index contributed by atoms with van der Waals surface area (Å²) in [5, 5.41) is 9.68. The average molecular weight is 342 g/mol. The summed E-state index contributed by atoms with van der Waals surface area (Å²) in [6.45, 7) is 8.09. The van der Waals surface area contributed by atoms with Gasteiger partial charge in [-0.1, -0.05) is 51.9 Å². The molecule has 0 aliphatic heterocycles. The topological polar surface area (TPSA) is 46.2 Å². The first-order chi connectivity index (χ1) is 9.29. The summed E-state index contributed by atoms with van der Waals surface area (Å²) >= 11 is 6.55. The van der Waals surface area contributed by atoms with Crippen molar-refractivity contribution in [1.82, 2.24) is 0 Å². The molecule has 3 unspecified atom stereocenters. The summed E-state index contributed by atoms with van der Waals surface area (Å²) < 4.78 is 0. The Kier molecular flexibility index (Phi) is 14.7. The maximum Gasteiger partial charge on any atom is 0.0516 e. The quantitative estimate of drug-likeness (QED) is 0.374. The Balaban J connectivity index is 0. The van der Waals surface area contributed by atoms with E-state index in [1.54, 1.807) is 0 Å². The van der Waals surface area contributed by atoms with Crippen molar-refractivity contribution in [3.8, 4) is 0 Å². The summed E-state index contributed by atoms with van der Waals surface area (Å²) in [5.41, 5.74) is 5.89. The molecule has 0 spiro atoms. The standard InChI is InChI=1S/C17H36ClNO.ClH/c1-5-6-7-8-9-10-11-12-16(18)15(13-14(2)20)17(3,4)19;/h14-16,20H,5-13,19H2,1-4H3;1H. The third-order valence-corrected chi connectivity index (χ3v) is 4.59. The molecular weight excluding hydrogens is 305 g/mol. The summed E-state index contributed by atoms with van der Waals surface area (Å²) in [6.07, 6.45) is 10.5. The minimum Gasteiger partial charge on any atom is -0.393 e. The van der Waals surface area contributed by atoms with Gasteiger partial charge in [0.05, 0.1) is 6.10 Å². The number of rotatable bonds is 12. The first-order valence-corrected chi connectivity index (χ1v) is 8.83. The molecule has 21 heavy (non-hydrogen) atoms. The van der Waals surface area contributed by atoms with Crippen LogP contribution < -0.4 is 5.73 Å². The second-order valence-corrected chi connectivity index (χ2v) is 7.50. The third kappa shape index (κ3) is 12.7. The van der Waals surface area contributed by atoms with Gasteiger partial charge >= 0.3 is 0 Å². The molecule has 130 valence electrons. The van der Waals surface area contributed by atoms with Crippen LogP contribution in [0.3, 0.4) is 0 Å². The third-order valence-electron chi connectivity index (χ3n) is 4.07. The monoisotopic (exact) mass is 341 g/mol. The zero-order chi connectivity index (χ0) is 15.6. The number of unbranched alkanes of at least 4 members (excludes halogenated alkanes) is 6. The second-order valence-electron chi connectivity index (χ2n) is 6.94. The Bertz CT molecular complexity index is 229. The first-order valence-electron chi connectivity index (χ1n) is 8.40. The van der Waals surface area contributed by atoms with Crippen LogP contribution in [0.15, 0.2) is 0 Å². The Morgan fingerprint density at radius 1 is 1.05 bits per heavy atom. The number of hydrogen-bond donors (Lipinski definition) is 2. The van der Waals surface area contributed by atoms with E-state index in [9.17, 15) is 5.11 Å². The van der Waals surface area contributed by atoms with Gasteiger partial charge < -0.3 is 10.8 Å². The molecule has 0 aromatic rings. The number of nitrogens with two attached hydrogens (primary N) is 1. The number of hydrogen-bond acceptors (Lipinski definition) is 2. The molecule has 0 aromatic heterocycles. The van der Waals surface area contributed by atoms with Crippen molar-refractivity contribution in [3.63, 3.8) is 0 Å². The minimum absolute atomic E-state index is 0. The van der Waals surface area contributed by atoms with Crippen molar-refractivity contribution in [2.75, 3.05) is 0 Å². The summed E-state index contributed by atoms with van der Waals surface area (Å²) in [5.74, 6) is 0.171. The second kappa shape index (κ2) is 13.0. The Labute approximate surface area is 143 Å². The van der Waals surface area contributed by atoms with Gasteiger partial charge in [0.15, 0.2) is 0 Å². The molecule has 0 radical (unpaired) electrons. The molecule has 0 saturated heterocycles. The normalized spacial score (nSPS) is 16.1.